The molecule has 0 aliphatic carbocycles. The van der Waals surface area contributed by atoms with Gasteiger partial charge in [-0.3, -0.25) is 0 Å². The SMILES string of the molecule is CC(C)(C)OC(=O)NC/C(=N/O)c1ccccc1. The topological polar surface area (TPSA) is 70.9 Å². The van der Waals surface area contributed by atoms with E-state index in [1.807, 2.05) is 18.2 Å². The molecular formula is C13H18N2O3. The molecule has 0 unspecified atom stereocenters. The van der Waals surface area contributed by atoms with Crippen molar-refractivity contribution in [2.45, 2.75) is 26.4 Å². The van der Waals surface area contributed by atoms with Gasteiger partial charge in [0, 0.05) is 5.56 Å². The highest BCUT2D eigenvalue weighted by atomic mass is 16.6. The lowest BCUT2D eigenvalue weighted by Crippen LogP contribution is -2.35. The van der Waals surface area contributed by atoms with Crippen molar-refractivity contribution < 1.29 is 14.7 Å². The fourth-order valence-corrected chi connectivity index (χ4v) is 1.30. The summed E-state index contributed by atoms with van der Waals surface area (Å²) in [4.78, 5) is 11.4. The van der Waals surface area contributed by atoms with E-state index >= 15 is 0 Å². The summed E-state index contributed by atoms with van der Waals surface area (Å²) in [5.74, 6) is 0. The number of carbonyl (C=O) groups excluding carboxylic acids is 1. The molecule has 2 N–H and O–H groups in total. The van der Waals surface area contributed by atoms with Crippen LogP contribution >= 0.6 is 0 Å². The number of alkyl carbamates (subject to hydrolysis) is 1. The van der Waals surface area contributed by atoms with Gasteiger partial charge in [-0.15, -0.1) is 0 Å². The van der Waals surface area contributed by atoms with Crippen LogP contribution in [0, 0.1) is 0 Å². The minimum atomic E-state index is -0.548. The average Bonchev–Trinajstić information content (AvgIpc) is 2.29. The van der Waals surface area contributed by atoms with E-state index in [1.165, 1.54) is 0 Å². The summed E-state index contributed by atoms with van der Waals surface area (Å²) >= 11 is 0. The lowest BCUT2D eigenvalue weighted by Gasteiger charge is -2.19. The summed E-state index contributed by atoms with van der Waals surface area (Å²) < 4.78 is 5.08. The summed E-state index contributed by atoms with van der Waals surface area (Å²) in [6.07, 6.45) is -0.542. The molecule has 0 atom stereocenters. The van der Waals surface area contributed by atoms with Crippen molar-refractivity contribution in [1.82, 2.24) is 5.32 Å². The van der Waals surface area contributed by atoms with Crippen LogP contribution < -0.4 is 5.32 Å². The molecule has 1 amide bonds. The van der Waals surface area contributed by atoms with Crippen molar-refractivity contribution in [3.8, 4) is 0 Å². The van der Waals surface area contributed by atoms with Gasteiger partial charge in [0.25, 0.3) is 0 Å². The Morgan fingerprint density at radius 1 is 1.33 bits per heavy atom. The Balaban J connectivity index is 2.55. The zero-order valence-corrected chi connectivity index (χ0v) is 10.8. The van der Waals surface area contributed by atoms with Crippen molar-refractivity contribution in [3.63, 3.8) is 0 Å². The lowest BCUT2D eigenvalue weighted by molar-refractivity contribution is 0.0536. The van der Waals surface area contributed by atoms with Crippen LogP contribution in [0.2, 0.25) is 0 Å². The maximum atomic E-state index is 11.4. The van der Waals surface area contributed by atoms with Crippen molar-refractivity contribution >= 4 is 11.8 Å². The van der Waals surface area contributed by atoms with Crippen LogP contribution in [0.3, 0.4) is 0 Å². The molecule has 0 saturated heterocycles. The van der Waals surface area contributed by atoms with Gasteiger partial charge in [-0.05, 0) is 20.8 Å². The molecule has 0 fully saturated rings. The van der Waals surface area contributed by atoms with Crippen molar-refractivity contribution in [2.75, 3.05) is 6.54 Å². The van der Waals surface area contributed by atoms with Crippen LogP contribution in [0.25, 0.3) is 0 Å². The first-order chi connectivity index (χ1) is 8.42. The number of hydrogen-bond donors (Lipinski definition) is 2. The molecule has 1 aromatic rings. The smallest absolute Gasteiger partial charge is 0.407 e. The van der Waals surface area contributed by atoms with Crippen LogP contribution in [-0.4, -0.2) is 29.2 Å². The van der Waals surface area contributed by atoms with Crippen LogP contribution in [0.1, 0.15) is 26.3 Å². The van der Waals surface area contributed by atoms with Crippen LogP contribution in [0.4, 0.5) is 4.79 Å². The number of nitrogens with one attached hydrogen (secondary N) is 1. The van der Waals surface area contributed by atoms with E-state index in [0.29, 0.717) is 5.71 Å². The molecule has 0 radical (unpaired) electrons. The van der Waals surface area contributed by atoms with Gasteiger partial charge in [0.2, 0.25) is 0 Å². The maximum absolute atomic E-state index is 11.4. The van der Waals surface area contributed by atoms with E-state index in [-0.39, 0.29) is 6.54 Å². The molecule has 1 rings (SSSR count). The van der Waals surface area contributed by atoms with Gasteiger partial charge < -0.3 is 15.3 Å². The minimum absolute atomic E-state index is 0.107. The van der Waals surface area contributed by atoms with Gasteiger partial charge in [0.1, 0.15) is 11.3 Å². The van der Waals surface area contributed by atoms with Gasteiger partial charge in [-0.2, -0.15) is 0 Å². The minimum Gasteiger partial charge on any atom is -0.444 e. The lowest BCUT2D eigenvalue weighted by atomic mass is 10.1. The number of oxime groups is 1. The third-order valence-electron chi connectivity index (χ3n) is 2.03. The zero-order chi connectivity index (χ0) is 13.6. The Hall–Kier alpha value is -2.04. The molecule has 0 saturated carbocycles. The van der Waals surface area contributed by atoms with Crippen molar-refractivity contribution in [3.05, 3.63) is 35.9 Å². The molecule has 1 aromatic carbocycles. The van der Waals surface area contributed by atoms with Gasteiger partial charge in [-0.25, -0.2) is 4.79 Å². The molecular weight excluding hydrogens is 232 g/mol. The van der Waals surface area contributed by atoms with E-state index in [9.17, 15) is 4.79 Å². The Morgan fingerprint density at radius 3 is 2.44 bits per heavy atom. The number of rotatable bonds is 3. The summed E-state index contributed by atoms with van der Waals surface area (Å²) in [6, 6.07) is 9.11. The Bertz CT molecular complexity index is 422. The number of ether oxygens (including phenoxy) is 1. The summed E-state index contributed by atoms with van der Waals surface area (Å²) in [6.45, 7) is 5.45. The number of carbonyl (C=O) groups is 1. The quantitative estimate of drug-likeness (QED) is 0.491. The second kappa shape index (κ2) is 6.05. The molecule has 0 heterocycles. The van der Waals surface area contributed by atoms with Crippen LogP contribution in [0.5, 0.6) is 0 Å². The molecule has 0 aromatic heterocycles. The fourth-order valence-electron chi connectivity index (χ4n) is 1.30. The van der Waals surface area contributed by atoms with Crippen LogP contribution in [0.15, 0.2) is 35.5 Å². The zero-order valence-electron chi connectivity index (χ0n) is 10.8. The second-order valence-electron chi connectivity index (χ2n) is 4.77. The molecule has 0 aliphatic heterocycles. The fraction of sp³-hybridized carbons (Fsp3) is 0.385. The number of benzene rings is 1. The summed E-state index contributed by atoms with van der Waals surface area (Å²) in [7, 11) is 0. The van der Waals surface area contributed by atoms with Crippen molar-refractivity contribution in [2.24, 2.45) is 5.16 Å². The molecule has 98 valence electrons. The van der Waals surface area contributed by atoms with E-state index < -0.39 is 11.7 Å². The highest BCUT2D eigenvalue weighted by molar-refractivity contribution is 6.02. The first kappa shape index (κ1) is 14.0. The largest absolute Gasteiger partial charge is 0.444 e. The van der Waals surface area contributed by atoms with E-state index in [1.54, 1.807) is 32.9 Å². The average molecular weight is 250 g/mol. The van der Waals surface area contributed by atoms with Gasteiger partial charge in [-0.1, -0.05) is 35.5 Å². The number of nitrogens with zero attached hydrogens (tertiary/aromatic N) is 1. The monoisotopic (exact) mass is 250 g/mol. The van der Waals surface area contributed by atoms with Gasteiger partial charge in [0.15, 0.2) is 0 Å². The Morgan fingerprint density at radius 2 is 1.94 bits per heavy atom. The van der Waals surface area contributed by atoms with Gasteiger partial charge in [0.05, 0.1) is 6.54 Å². The van der Waals surface area contributed by atoms with E-state index in [0.717, 1.165) is 5.56 Å². The Kier molecular flexibility index (Phi) is 4.71. The molecule has 18 heavy (non-hydrogen) atoms. The predicted molar refractivity (Wildman–Crippen MR) is 69.0 cm³/mol. The third kappa shape index (κ3) is 4.86. The van der Waals surface area contributed by atoms with E-state index in [4.69, 9.17) is 9.94 Å². The second-order valence-corrected chi connectivity index (χ2v) is 4.77. The molecule has 0 aliphatic rings. The molecule has 0 bridgehead atoms. The summed E-state index contributed by atoms with van der Waals surface area (Å²) in [5.41, 5.74) is 0.574. The first-order valence-corrected chi connectivity index (χ1v) is 5.65. The van der Waals surface area contributed by atoms with Gasteiger partial charge >= 0.3 is 6.09 Å². The maximum Gasteiger partial charge on any atom is 0.407 e. The highest BCUT2D eigenvalue weighted by Gasteiger charge is 2.16. The standard InChI is InChI=1S/C13H18N2O3/c1-13(2,3)18-12(16)14-9-11(15-17)10-7-5-4-6-8-10/h4-8,17H,9H2,1-3H3,(H,14,16)/b15-11-. The molecule has 5 nitrogen and oxygen atoms in total. The van der Waals surface area contributed by atoms with Crippen molar-refractivity contribution in [1.29, 1.82) is 0 Å². The number of hydrogen-bond acceptors (Lipinski definition) is 4. The predicted octanol–water partition coefficient (Wildman–Crippen LogP) is 2.39. The van der Waals surface area contributed by atoms with E-state index in [2.05, 4.69) is 10.5 Å². The van der Waals surface area contributed by atoms with Crippen LogP contribution in [-0.2, 0) is 4.74 Å². The first-order valence-electron chi connectivity index (χ1n) is 5.65. The highest BCUT2D eigenvalue weighted by Crippen LogP contribution is 2.06. The number of amides is 1. The normalized spacial score (nSPS) is 12.1. The Labute approximate surface area is 106 Å². The molecule has 0 spiro atoms. The summed E-state index contributed by atoms with van der Waals surface area (Å²) in [5, 5.41) is 14.6. The molecule has 5 heteroatoms. The third-order valence-corrected chi connectivity index (χ3v) is 2.03.